The summed E-state index contributed by atoms with van der Waals surface area (Å²) in [6.45, 7) is 1.60. The van der Waals surface area contributed by atoms with Crippen LogP contribution < -0.4 is 0 Å². The van der Waals surface area contributed by atoms with Gasteiger partial charge < -0.3 is 4.74 Å². The molecule has 1 aliphatic heterocycles. The summed E-state index contributed by atoms with van der Waals surface area (Å²) in [4.78, 5) is 0.182. The number of piperidine rings is 1. The maximum atomic E-state index is 12.5. The predicted octanol–water partition coefficient (Wildman–Crippen LogP) is 2.90. The van der Waals surface area contributed by atoms with Gasteiger partial charge in [0.1, 0.15) is 4.90 Å². The average Bonchev–Trinajstić information content (AvgIpc) is 2.46. The molecular formula is C13H17BrClNO3S. The van der Waals surface area contributed by atoms with Gasteiger partial charge in [0.25, 0.3) is 0 Å². The quantitative estimate of drug-likeness (QED) is 0.736. The second kappa shape index (κ2) is 7.22. The van der Waals surface area contributed by atoms with E-state index in [-0.39, 0.29) is 16.0 Å². The highest BCUT2D eigenvalue weighted by Crippen LogP contribution is 2.27. The van der Waals surface area contributed by atoms with Crippen molar-refractivity contribution in [2.75, 3.05) is 25.0 Å². The molecule has 0 radical (unpaired) electrons. The van der Waals surface area contributed by atoms with Gasteiger partial charge in [-0.15, -0.1) is 0 Å². The van der Waals surface area contributed by atoms with Gasteiger partial charge in [0.05, 0.1) is 17.7 Å². The van der Waals surface area contributed by atoms with E-state index in [1.54, 1.807) is 24.3 Å². The Labute approximate surface area is 133 Å². The predicted molar refractivity (Wildman–Crippen MR) is 83.0 cm³/mol. The first-order chi connectivity index (χ1) is 9.55. The molecular weight excluding hydrogens is 366 g/mol. The van der Waals surface area contributed by atoms with Crippen molar-refractivity contribution in [3.05, 3.63) is 29.3 Å². The molecule has 1 fully saturated rings. The Morgan fingerprint density at radius 1 is 1.30 bits per heavy atom. The summed E-state index contributed by atoms with van der Waals surface area (Å²) in [7, 11) is -3.50. The van der Waals surface area contributed by atoms with E-state index in [1.165, 1.54) is 4.31 Å². The summed E-state index contributed by atoms with van der Waals surface area (Å²) in [6.07, 6.45) is 1.58. The largest absolute Gasteiger partial charge is 0.377 e. The summed E-state index contributed by atoms with van der Waals surface area (Å²) < 4.78 is 32.2. The van der Waals surface area contributed by atoms with E-state index in [4.69, 9.17) is 16.3 Å². The summed E-state index contributed by atoms with van der Waals surface area (Å²) in [5, 5.41) is 1.07. The Morgan fingerprint density at radius 2 is 1.95 bits per heavy atom. The Morgan fingerprint density at radius 3 is 2.55 bits per heavy atom. The van der Waals surface area contributed by atoms with Gasteiger partial charge in [0, 0.05) is 18.4 Å². The van der Waals surface area contributed by atoms with Crippen molar-refractivity contribution >= 4 is 37.6 Å². The van der Waals surface area contributed by atoms with Crippen molar-refractivity contribution < 1.29 is 13.2 Å². The van der Waals surface area contributed by atoms with Crippen molar-refractivity contribution in [3.63, 3.8) is 0 Å². The van der Waals surface area contributed by atoms with Crippen LogP contribution in [0.25, 0.3) is 0 Å². The van der Waals surface area contributed by atoms with Crippen LogP contribution >= 0.6 is 27.5 Å². The third kappa shape index (κ3) is 3.74. The van der Waals surface area contributed by atoms with Gasteiger partial charge in [-0.25, -0.2) is 8.42 Å². The summed E-state index contributed by atoms with van der Waals surface area (Å²) in [5.74, 6) is 0. The van der Waals surface area contributed by atoms with Crippen LogP contribution in [-0.2, 0) is 14.8 Å². The third-order valence-electron chi connectivity index (χ3n) is 3.29. The SMILES string of the molecule is O=S(=O)(c1ccccc1Cl)N1CCC(OCCBr)CC1. The van der Waals surface area contributed by atoms with Gasteiger partial charge in [0.15, 0.2) is 0 Å². The Kier molecular flexibility index (Phi) is 5.86. The van der Waals surface area contributed by atoms with Crippen LogP contribution in [-0.4, -0.2) is 43.9 Å². The first-order valence-electron chi connectivity index (χ1n) is 6.48. The molecule has 4 nitrogen and oxygen atoms in total. The number of alkyl halides is 1. The van der Waals surface area contributed by atoms with Crippen molar-refractivity contribution in [1.29, 1.82) is 0 Å². The van der Waals surface area contributed by atoms with Gasteiger partial charge in [0.2, 0.25) is 10.0 Å². The first kappa shape index (κ1) is 16.2. The molecule has 0 saturated carbocycles. The number of sulfonamides is 1. The summed E-state index contributed by atoms with van der Waals surface area (Å²) >= 11 is 9.30. The fourth-order valence-electron chi connectivity index (χ4n) is 2.24. The molecule has 2 rings (SSSR count). The molecule has 1 aromatic rings. The summed E-state index contributed by atoms with van der Waals surface area (Å²) in [6, 6.07) is 6.55. The monoisotopic (exact) mass is 381 g/mol. The van der Waals surface area contributed by atoms with Crippen LogP contribution in [0.2, 0.25) is 5.02 Å². The average molecular weight is 383 g/mol. The van der Waals surface area contributed by atoms with E-state index in [9.17, 15) is 8.42 Å². The highest BCUT2D eigenvalue weighted by molar-refractivity contribution is 9.09. The lowest BCUT2D eigenvalue weighted by atomic mass is 10.1. The maximum Gasteiger partial charge on any atom is 0.244 e. The maximum absolute atomic E-state index is 12.5. The second-order valence-corrected chi connectivity index (χ2v) is 7.70. The van der Waals surface area contributed by atoms with Crippen LogP contribution in [0.1, 0.15) is 12.8 Å². The fourth-order valence-corrected chi connectivity index (χ4v) is 4.39. The molecule has 0 amide bonds. The molecule has 1 aromatic carbocycles. The normalized spacial score (nSPS) is 18.3. The van der Waals surface area contributed by atoms with E-state index in [0.717, 1.165) is 18.2 Å². The molecule has 0 aromatic heterocycles. The lowest BCUT2D eigenvalue weighted by molar-refractivity contribution is 0.0309. The molecule has 1 heterocycles. The highest BCUT2D eigenvalue weighted by Gasteiger charge is 2.30. The number of rotatable bonds is 5. The molecule has 0 bridgehead atoms. The Bertz CT molecular complexity index is 544. The molecule has 7 heteroatoms. The van der Waals surface area contributed by atoms with Crippen LogP contribution in [0.15, 0.2) is 29.2 Å². The van der Waals surface area contributed by atoms with E-state index < -0.39 is 10.0 Å². The Hall–Kier alpha value is -0.140. The van der Waals surface area contributed by atoms with Crippen molar-refractivity contribution in [2.45, 2.75) is 23.8 Å². The zero-order valence-electron chi connectivity index (χ0n) is 11.0. The van der Waals surface area contributed by atoms with E-state index in [2.05, 4.69) is 15.9 Å². The Balaban J connectivity index is 2.04. The van der Waals surface area contributed by atoms with E-state index in [1.807, 2.05) is 0 Å². The minimum atomic E-state index is -3.50. The molecule has 1 saturated heterocycles. The molecule has 0 atom stereocenters. The third-order valence-corrected chi connectivity index (χ3v) is 6.01. The van der Waals surface area contributed by atoms with Gasteiger partial charge in [-0.05, 0) is 25.0 Å². The zero-order chi connectivity index (χ0) is 14.6. The van der Waals surface area contributed by atoms with Gasteiger partial charge in [-0.2, -0.15) is 4.31 Å². The number of nitrogens with zero attached hydrogens (tertiary/aromatic N) is 1. The molecule has 1 aliphatic rings. The topological polar surface area (TPSA) is 46.6 Å². The van der Waals surface area contributed by atoms with Crippen LogP contribution in [0.5, 0.6) is 0 Å². The standard InChI is InChI=1S/C13H17BrClNO3S/c14-7-10-19-11-5-8-16(9-6-11)20(17,18)13-4-2-1-3-12(13)15/h1-4,11H,5-10H2. The first-order valence-corrected chi connectivity index (χ1v) is 9.42. The number of halogens is 2. The van der Waals surface area contributed by atoms with Crippen LogP contribution in [0.3, 0.4) is 0 Å². The second-order valence-electron chi connectivity index (χ2n) is 4.59. The minimum Gasteiger partial charge on any atom is -0.377 e. The fraction of sp³-hybridized carbons (Fsp3) is 0.538. The molecule has 0 unspecified atom stereocenters. The summed E-state index contributed by atoms with van der Waals surface area (Å²) in [5.41, 5.74) is 0. The van der Waals surface area contributed by atoms with Gasteiger partial charge in [-0.3, -0.25) is 0 Å². The number of benzene rings is 1. The van der Waals surface area contributed by atoms with Gasteiger partial charge >= 0.3 is 0 Å². The van der Waals surface area contributed by atoms with Crippen molar-refractivity contribution in [1.82, 2.24) is 4.31 Å². The lowest BCUT2D eigenvalue weighted by Crippen LogP contribution is -2.41. The van der Waals surface area contributed by atoms with Crippen molar-refractivity contribution in [3.8, 4) is 0 Å². The smallest absolute Gasteiger partial charge is 0.244 e. The van der Waals surface area contributed by atoms with Gasteiger partial charge in [-0.1, -0.05) is 39.7 Å². The number of hydrogen-bond acceptors (Lipinski definition) is 3. The lowest BCUT2D eigenvalue weighted by Gasteiger charge is -2.31. The molecule has 0 aliphatic carbocycles. The molecule has 0 spiro atoms. The minimum absolute atomic E-state index is 0.144. The van der Waals surface area contributed by atoms with Crippen LogP contribution in [0, 0.1) is 0 Å². The van der Waals surface area contributed by atoms with E-state index >= 15 is 0 Å². The zero-order valence-corrected chi connectivity index (χ0v) is 14.1. The molecule has 112 valence electrons. The highest BCUT2D eigenvalue weighted by atomic mass is 79.9. The molecule has 0 N–H and O–H groups in total. The number of ether oxygens (including phenoxy) is 1. The number of hydrogen-bond donors (Lipinski definition) is 0. The van der Waals surface area contributed by atoms with Crippen molar-refractivity contribution in [2.24, 2.45) is 0 Å². The molecule has 20 heavy (non-hydrogen) atoms. The van der Waals surface area contributed by atoms with E-state index in [0.29, 0.717) is 19.7 Å². The van der Waals surface area contributed by atoms with Crippen LogP contribution in [0.4, 0.5) is 0 Å².